The number of halogens is 3. The van der Waals surface area contributed by atoms with Gasteiger partial charge in [0, 0.05) is 17.6 Å². The number of nitrogen functional groups attached to an aromatic ring is 1. The summed E-state index contributed by atoms with van der Waals surface area (Å²) in [6.45, 7) is 1.75. The van der Waals surface area contributed by atoms with Crippen molar-refractivity contribution < 1.29 is 22.7 Å². The second-order valence-electron chi connectivity index (χ2n) is 6.15. The fourth-order valence-electron chi connectivity index (χ4n) is 2.94. The first-order valence-electron chi connectivity index (χ1n) is 8.39. The second kappa shape index (κ2) is 7.67. The number of aromatic nitrogens is 1. The van der Waals surface area contributed by atoms with Gasteiger partial charge in [0.15, 0.2) is 0 Å². The summed E-state index contributed by atoms with van der Waals surface area (Å²) in [7, 11) is 1.56. The predicted octanol–water partition coefficient (Wildman–Crippen LogP) is 4.19. The van der Waals surface area contributed by atoms with Crippen LogP contribution in [0.15, 0.2) is 30.3 Å². The molecule has 0 aliphatic rings. The number of carbonyl (C=O) groups excluding carboxylic acids is 1. The van der Waals surface area contributed by atoms with E-state index in [0.717, 1.165) is 23.0 Å². The molecule has 28 heavy (non-hydrogen) atoms. The summed E-state index contributed by atoms with van der Waals surface area (Å²) in [6, 6.07) is 8.33. The Morgan fingerprint density at radius 3 is 2.71 bits per heavy atom. The van der Waals surface area contributed by atoms with Crippen LogP contribution >= 0.6 is 11.3 Å². The molecule has 3 N–H and O–H groups in total. The Labute approximate surface area is 163 Å². The molecule has 9 heteroatoms. The van der Waals surface area contributed by atoms with Crippen molar-refractivity contribution in [2.24, 2.45) is 0 Å². The number of nitrogens with one attached hydrogen (secondary N) is 1. The van der Waals surface area contributed by atoms with Crippen LogP contribution in [0.5, 0.6) is 5.75 Å². The number of nitrogens with zero attached hydrogens (tertiary/aromatic N) is 1. The number of para-hydroxylation sites is 1. The number of hydrogen-bond donors (Lipinski definition) is 2. The van der Waals surface area contributed by atoms with Gasteiger partial charge in [-0.25, -0.2) is 4.98 Å². The zero-order chi connectivity index (χ0) is 20.5. The van der Waals surface area contributed by atoms with Crippen molar-refractivity contribution in [2.75, 3.05) is 19.4 Å². The average molecular weight is 409 g/mol. The van der Waals surface area contributed by atoms with Crippen LogP contribution in [0.1, 0.15) is 26.5 Å². The van der Waals surface area contributed by atoms with Gasteiger partial charge in [-0.15, -0.1) is 11.3 Å². The second-order valence-corrected chi connectivity index (χ2v) is 7.15. The lowest BCUT2D eigenvalue weighted by Gasteiger charge is -2.10. The van der Waals surface area contributed by atoms with E-state index in [0.29, 0.717) is 12.2 Å². The minimum absolute atomic E-state index is 0.0265. The van der Waals surface area contributed by atoms with Crippen molar-refractivity contribution in [3.63, 3.8) is 0 Å². The number of fused-ring (bicyclic) bond motifs is 1. The molecule has 0 unspecified atom stereocenters. The number of carbonyl (C=O) groups is 1. The van der Waals surface area contributed by atoms with Gasteiger partial charge in [0.25, 0.3) is 5.91 Å². The van der Waals surface area contributed by atoms with E-state index in [2.05, 4.69) is 10.3 Å². The molecule has 0 radical (unpaired) electrons. The Bertz CT molecular complexity index is 1030. The highest BCUT2D eigenvalue weighted by Gasteiger charge is 2.35. The summed E-state index contributed by atoms with van der Waals surface area (Å²) in [4.78, 5) is 16.7. The lowest BCUT2D eigenvalue weighted by molar-refractivity contribution is -0.136. The summed E-state index contributed by atoms with van der Waals surface area (Å²) in [5.74, 6) is 0.175. The average Bonchev–Trinajstić information content (AvgIpc) is 2.97. The molecule has 0 saturated heterocycles. The van der Waals surface area contributed by atoms with Gasteiger partial charge in [0.05, 0.1) is 18.4 Å². The molecule has 2 aromatic heterocycles. The van der Waals surface area contributed by atoms with Crippen LogP contribution in [0.25, 0.3) is 10.2 Å². The third-order valence-corrected chi connectivity index (χ3v) is 5.31. The first-order chi connectivity index (χ1) is 13.2. The fraction of sp³-hybridized carbons (Fsp3) is 0.263. The molecule has 5 nitrogen and oxygen atoms in total. The molecular formula is C19H18F3N3O2S. The fourth-order valence-corrected chi connectivity index (χ4v) is 4.02. The van der Waals surface area contributed by atoms with Gasteiger partial charge in [0.2, 0.25) is 0 Å². The number of ether oxygens (including phenoxy) is 1. The topological polar surface area (TPSA) is 77.2 Å². The minimum atomic E-state index is -4.58. The van der Waals surface area contributed by atoms with Gasteiger partial charge in [-0.3, -0.25) is 4.79 Å². The van der Waals surface area contributed by atoms with Crippen molar-refractivity contribution in [1.29, 1.82) is 0 Å². The summed E-state index contributed by atoms with van der Waals surface area (Å²) in [5, 5.41) is 2.48. The lowest BCUT2D eigenvalue weighted by atomic mass is 10.1. The highest BCUT2D eigenvalue weighted by molar-refractivity contribution is 7.21. The van der Waals surface area contributed by atoms with Crippen LogP contribution in [0, 0.1) is 6.92 Å². The molecule has 0 bridgehead atoms. The van der Waals surface area contributed by atoms with Crippen LogP contribution in [0.2, 0.25) is 0 Å². The van der Waals surface area contributed by atoms with E-state index in [4.69, 9.17) is 10.5 Å². The van der Waals surface area contributed by atoms with Crippen molar-refractivity contribution in [3.8, 4) is 5.75 Å². The normalized spacial score (nSPS) is 11.6. The summed E-state index contributed by atoms with van der Waals surface area (Å²) in [6.07, 6.45) is -4.08. The number of hydrogen-bond acceptors (Lipinski definition) is 5. The summed E-state index contributed by atoms with van der Waals surface area (Å²) < 4.78 is 45.3. The van der Waals surface area contributed by atoms with E-state index < -0.39 is 17.6 Å². The Kier molecular flexibility index (Phi) is 5.46. The van der Waals surface area contributed by atoms with Gasteiger partial charge in [0.1, 0.15) is 15.5 Å². The maximum Gasteiger partial charge on any atom is 0.417 e. The molecule has 148 valence electrons. The number of anilines is 1. The number of nitrogens with two attached hydrogens (primary N) is 1. The number of methoxy groups -OCH3 is 1. The van der Waals surface area contributed by atoms with Crippen LogP contribution in [0.4, 0.5) is 18.9 Å². The smallest absolute Gasteiger partial charge is 0.417 e. The van der Waals surface area contributed by atoms with Crippen LogP contribution in [-0.2, 0) is 12.6 Å². The number of rotatable bonds is 5. The van der Waals surface area contributed by atoms with Crippen LogP contribution in [-0.4, -0.2) is 24.5 Å². The molecule has 0 spiro atoms. The van der Waals surface area contributed by atoms with Gasteiger partial charge in [-0.1, -0.05) is 18.2 Å². The number of alkyl halides is 3. The quantitative estimate of drug-likeness (QED) is 0.663. The first-order valence-corrected chi connectivity index (χ1v) is 9.21. The Hall–Kier alpha value is -2.81. The molecule has 0 saturated carbocycles. The zero-order valence-corrected chi connectivity index (χ0v) is 16.0. The number of pyridine rings is 1. The standard InChI is InChI=1S/C19H18F3N3O2S/c1-10-9-12(19(20,21)22)14-15(23)16(28-18(14)25-10)17(26)24-8-7-11-5-3-4-6-13(11)27-2/h3-6,9H,7-8,23H2,1-2H3,(H,24,26). The number of aryl methyl sites for hydroxylation is 1. The molecule has 0 atom stereocenters. The Morgan fingerprint density at radius 2 is 2.04 bits per heavy atom. The molecule has 3 aromatic rings. The molecule has 0 fully saturated rings. The van der Waals surface area contributed by atoms with Gasteiger partial charge in [-0.05, 0) is 31.0 Å². The van der Waals surface area contributed by atoms with Crippen molar-refractivity contribution in [1.82, 2.24) is 10.3 Å². The minimum Gasteiger partial charge on any atom is -0.496 e. The van der Waals surface area contributed by atoms with E-state index in [1.807, 2.05) is 24.3 Å². The van der Waals surface area contributed by atoms with Crippen molar-refractivity contribution in [3.05, 3.63) is 52.0 Å². The summed E-state index contributed by atoms with van der Waals surface area (Å²) >= 11 is 0.858. The van der Waals surface area contributed by atoms with E-state index in [1.165, 1.54) is 6.92 Å². The first kappa shape index (κ1) is 19.9. The highest BCUT2D eigenvalue weighted by Crippen LogP contribution is 2.42. The van der Waals surface area contributed by atoms with Crippen LogP contribution < -0.4 is 15.8 Å². The highest BCUT2D eigenvalue weighted by atomic mass is 32.1. The molecule has 2 heterocycles. The number of amides is 1. The van der Waals surface area contributed by atoms with Crippen molar-refractivity contribution in [2.45, 2.75) is 19.5 Å². The van der Waals surface area contributed by atoms with E-state index in [1.54, 1.807) is 7.11 Å². The molecule has 0 aliphatic carbocycles. The number of benzene rings is 1. The Morgan fingerprint density at radius 1 is 1.32 bits per heavy atom. The maximum absolute atomic E-state index is 13.4. The Balaban J connectivity index is 1.83. The monoisotopic (exact) mass is 409 g/mol. The lowest BCUT2D eigenvalue weighted by Crippen LogP contribution is -2.25. The number of thiophene rings is 1. The van der Waals surface area contributed by atoms with Crippen LogP contribution in [0.3, 0.4) is 0 Å². The third kappa shape index (κ3) is 3.89. The van der Waals surface area contributed by atoms with Crippen molar-refractivity contribution >= 4 is 33.1 Å². The van der Waals surface area contributed by atoms with Gasteiger partial charge >= 0.3 is 6.18 Å². The third-order valence-electron chi connectivity index (χ3n) is 4.21. The maximum atomic E-state index is 13.4. The molecule has 1 aromatic carbocycles. The SMILES string of the molecule is COc1ccccc1CCNC(=O)c1sc2nc(C)cc(C(F)(F)F)c2c1N. The molecule has 0 aliphatic heterocycles. The van der Waals surface area contributed by atoms with E-state index >= 15 is 0 Å². The molecular weight excluding hydrogens is 391 g/mol. The van der Waals surface area contributed by atoms with E-state index in [9.17, 15) is 18.0 Å². The molecule has 3 rings (SSSR count). The zero-order valence-electron chi connectivity index (χ0n) is 15.2. The van der Waals surface area contributed by atoms with Gasteiger partial charge in [-0.2, -0.15) is 13.2 Å². The summed E-state index contributed by atoms with van der Waals surface area (Å²) in [5.41, 5.74) is 5.95. The molecule has 1 amide bonds. The van der Waals surface area contributed by atoms with E-state index in [-0.39, 0.29) is 33.0 Å². The van der Waals surface area contributed by atoms with Gasteiger partial charge < -0.3 is 15.8 Å². The largest absolute Gasteiger partial charge is 0.496 e. The predicted molar refractivity (Wildman–Crippen MR) is 103 cm³/mol.